The molecule has 0 aromatic heterocycles. The van der Waals surface area contributed by atoms with Crippen molar-refractivity contribution >= 4 is 17.9 Å². The number of likely N-dealkylation sites (tertiary alicyclic amines) is 1. The van der Waals surface area contributed by atoms with Gasteiger partial charge in [0.1, 0.15) is 12.1 Å². The van der Waals surface area contributed by atoms with E-state index in [1.807, 2.05) is 0 Å². The van der Waals surface area contributed by atoms with Gasteiger partial charge in [-0.3, -0.25) is 4.79 Å². The van der Waals surface area contributed by atoms with E-state index in [4.69, 9.17) is 10.2 Å². The van der Waals surface area contributed by atoms with Crippen LogP contribution in [-0.4, -0.2) is 64.8 Å². The summed E-state index contributed by atoms with van der Waals surface area (Å²) >= 11 is 0. The largest absolute Gasteiger partial charge is 0.480 e. The van der Waals surface area contributed by atoms with Gasteiger partial charge in [0, 0.05) is 26.1 Å². The number of nitrogens with zero attached hydrogens (tertiary/aromatic N) is 1. The number of hydrogen-bond acceptors (Lipinski definition) is 4. The minimum atomic E-state index is -1.23. The second kappa shape index (κ2) is 7.68. The van der Waals surface area contributed by atoms with Gasteiger partial charge in [-0.1, -0.05) is 0 Å². The molecule has 114 valence electrons. The highest BCUT2D eigenvalue weighted by Crippen LogP contribution is 2.08. The zero-order valence-corrected chi connectivity index (χ0v) is 11.5. The normalized spacial score (nSPS) is 17.4. The Morgan fingerprint density at radius 2 is 1.80 bits per heavy atom. The Morgan fingerprint density at radius 1 is 1.20 bits per heavy atom. The number of carbonyl (C=O) groups excluding carboxylic acids is 2. The summed E-state index contributed by atoms with van der Waals surface area (Å²) in [5.41, 5.74) is 0. The number of aliphatic hydroxyl groups is 1. The van der Waals surface area contributed by atoms with E-state index in [9.17, 15) is 14.4 Å². The fraction of sp³-hybridized carbons (Fsp3) is 0.750. The maximum Gasteiger partial charge on any atom is 0.326 e. The van der Waals surface area contributed by atoms with Crippen LogP contribution < -0.4 is 10.6 Å². The summed E-state index contributed by atoms with van der Waals surface area (Å²) in [6.45, 7) is 2.59. The third kappa shape index (κ3) is 4.69. The molecule has 3 amide bonds. The predicted molar refractivity (Wildman–Crippen MR) is 70.1 cm³/mol. The van der Waals surface area contributed by atoms with Crippen LogP contribution in [0.2, 0.25) is 0 Å². The van der Waals surface area contributed by atoms with Gasteiger partial charge in [-0.15, -0.1) is 0 Å². The molecule has 0 bridgehead atoms. The van der Waals surface area contributed by atoms with Crippen molar-refractivity contribution in [3.8, 4) is 0 Å². The number of aliphatic carboxylic acids is 1. The molecule has 2 atom stereocenters. The van der Waals surface area contributed by atoms with Crippen LogP contribution in [0, 0.1) is 0 Å². The molecular weight excluding hydrogens is 266 g/mol. The van der Waals surface area contributed by atoms with Crippen molar-refractivity contribution in [1.82, 2.24) is 15.5 Å². The molecule has 0 spiro atoms. The van der Waals surface area contributed by atoms with Crippen LogP contribution in [-0.2, 0) is 9.59 Å². The van der Waals surface area contributed by atoms with Crippen molar-refractivity contribution in [1.29, 1.82) is 0 Å². The van der Waals surface area contributed by atoms with Gasteiger partial charge in [0.2, 0.25) is 5.91 Å². The quantitative estimate of drug-likeness (QED) is 0.506. The van der Waals surface area contributed by atoms with Crippen molar-refractivity contribution in [2.24, 2.45) is 0 Å². The lowest BCUT2D eigenvalue weighted by Crippen LogP contribution is -2.52. The summed E-state index contributed by atoms with van der Waals surface area (Å²) in [7, 11) is 0. The molecule has 0 aliphatic carbocycles. The Labute approximate surface area is 117 Å². The highest BCUT2D eigenvalue weighted by molar-refractivity contribution is 5.88. The van der Waals surface area contributed by atoms with Crippen molar-refractivity contribution in [2.45, 2.75) is 38.3 Å². The average molecular weight is 287 g/mol. The molecule has 0 saturated carbocycles. The number of carboxylic acid groups (broad SMARTS) is 1. The average Bonchev–Trinajstić information content (AvgIpc) is 2.90. The van der Waals surface area contributed by atoms with E-state index >= 15 is 0 Å². The zero-order valence-electron chi connectivity index (χ0n) is 11.5. The highest BCUT2D eigenvalue weighted by atomic mass is 16.4. The summed E-state index contributed by atoms with van der Waals surface area (Å²) in [4.78, 5) is 36.1. The highest BCUT2D eigenvalue weighted by Gasteiger charge is 2.26. The Kier molecular flexibility index (Phi) is 6.23. The maximum absolute atomic E-state index is 12.0. The number of urea groups is 1. The van der Waals surface area contributed by atoms with E-state index in [0.717, 1.165) is 12.8 Å². The third-order valence-corrected chi connectivity index (χ3v) is 3.16. The van der Waals surface area contributed by atoms with E-state index in [2.05, 4.69) is 10.6 Å². The Hall–Kier alpha value is -1.83. The second-order valence-corrected chi connectivity index (χ2v) is 4.77. The Bertz CT molecular complexity index is 368. The van der Waals surface area contributed by atoms with Crippen LogP contribution in [0.4, 0.5) is 4.79 Å². The minimum Gasteiger partial charge on any atom is -0.480 e. The van der Waals surface area contributed by atoms with Crippen LogP contribution >= 0.6 is 0 Å². The van der Waals surface area contributed by atoms with E-state index in [0.29, 0.717) is 13.1 Å². The first-order valence-corrected chi connectivity index (χ1v) is 6.65. The van der Waals surface area contributed by atoms with Crippen LogP contribution in [0.15, 0.2) is 0 Å². The van der Waals surface area contributed by atoms with Crippen LogP contribution in [0.25, 0.3) is 0 Å². The number of nitrogens with one attached hydrogen (secondary N) is 2. The first-order valence-electron chi connectivity index (χ1n) is 6.65. The SMILES string of the molecule is CC(NC(=O)NC(CCO)C(=O)O)C(=O)N1CCCC1. The van der Waals surface area contributed by atoms with Crippen LogP contribution in [0.1, 0.15) is 26.2 Å². The molecular formula is C12H21N3O5. The molecule has 0 radical (unpaired) electrons. The Morgan fingerprint density at radius 3 is 2.30 bits per heavy atom. The van der Waals surface area contributed by atoms with E-state index < -0.39 is 24.1 Å². The summed E-state index contributed by atoms with van der Waals surface area (Å²) in [5, 5.41) is 22.2. The second-order valence-electron chi connectivity index (χ2n) is 4.77. The molecule has 1 aliphatic heterocycles. The number of rotatable bonds is 6. The summed E-state index contributed by atoms with van der Waals surface area (Å²) < 4.78 is 0. The zero-order chi connectivity index (χ0) is 15.1. The minimum absolute atomic E-state index is 0.0861. The van der Waals surface area contributed by atoms with Gasteiger partial charge in [0.05, 0.1) is 0 Å². The van der Waals surface area contributed by atoms with Gasteiger partial charge in [-0.2, -0.15) is 0 Å². The molecule has 20 heavy (non-hydrogen) atoms. The van der Waals surface area contributed by atoms with Gasteiger partial charge in [-0.25, -0.2) is 9.59 Å². The van der Waals surface area contributed by atoms with Gasteiger partial charge >= 0.3 is 12.0 Å². The molecule has 8 nitrogen and oxygen atoms in total. The van der Waals surface area contributed by atoms with E-state index in [-0.39, 0.29) is 18.9 Å². The molecule has 1 heterocycles. The molecule has 2 unspecified atom stereocenters. The number of carboxylic acids is 1. The fourth-order valence-corrected chi connectivity index (χ4v) is 2.06. The molecule has 1 rings (SSSR count). The maximum atomic E-state index is 12.0. The molecule has 8 heteroatoms. The van der Waals surface area contributed by atoms with Gasteiger partial charge in [0.15, 0.2) is 0 Å². The lowest BCUT2D eigenvalue weighted by molar-refractivity contribution is -0.139. The molecule has 0 aromatic carbocycles. The number of hydrogen-bond donors (Lipinski definition) is 4. The summed E-state index contributed by atoms with van der Waals surface area (Å²) in [5.74, 6) is -1.40. The molecule has 4 N–H and O–H groups in total. The van der Waals surface area contributed by atoms with Crippen molar-refractivity contribution in [3.05, 3.63) is 0 Å². The van der Waals surface area contributed by atoms with Crippen LogP contribution in [0.5, 0.6) is 0 Å². The standard InChI is InChI=1S/C12H21N3O5/c1-8(10(17)15-5-2-3-6-15)13-12(20)14-9(4-7-16)11(18)19/h8-9,16H,2-7H2,1H3,(H,18,19)(H2,13,14,20). The lowest BCUT2D eigenvalue weighted by Gasteiger charge is -2.22. The van der Waals surface area contributed by atoms with Crippen molar-refractivity contribution in [2.75, 3.05) is 19.7 Å². The van der Waals surface area contributed by atoms with Crippen LogP contribution in [0.3, 0.4) is 0 Å². The topological polar surface area (TPSA) is 119 Å². The number of amides is 3. The monoisotopic (exact) mass is 287 g/mol. The molecule has 0 aromatic rings. The first kappa shape index (κ1) is 16.2. The van der Waals surface area contributed by atoms with Gasteiger partial charge < -0.3 is 25.7 Å². The number of aliphatic hydroxyl groups excluding tert-OH is 1. The van der Waals surface area contributed by atoms with Gasteiger partial charge in [-0.05, 0) is 19.8 Å². The molecule has 1 aliphatic rings. The van der Waals surface area contributed by atoms with E-state index in [1.54, 1.807) is 11.8 Å². The Balaban J connectivity index is 2.43. The smallest absolute Gasteiger partial charge is 0.326 e. The van der Waals surface area contributed by atoms with Crippen molar-refractivity contribution in [3.63, 3.8) is 0 Å². The summed E-state index contributed by atoms with van der Waals surface area (Å²) in [6.07, 6.45) is 1.84. The fourth-order valence-electron chi connectivity index (χ4n) is 2.06. The van der Waals surface area contributed by atoms with Crippen molar-refractivity contribution < 1.29 is 24.6 Å². The third-order valence-electron chi connectivity index (χ3n) is 3.16. The summed E-state index contributed by atoms with van der Waals surface area (Å²) in [6, 6.07) is -2.61. The van der Waals surface area contributed by atoms with E-state index in [1.165, 1.54) is 0 Å². The number of carbonyl (C=O) groups is 3. The predicted octanol–water partition coefficient (Wildman–Crippen LogP) is -0.868. The lowest BCUT2D eigenvalue weighted by atomic mass is 10.2. The first-order chi connectivity index (χ1) is 9.45. The van der Waals surface area contributed by atoms with Gasteiger partial charge in [0.25, 0.3) is 0 Å². The molecule has 1 saturated heterocycles. The molecule has 1 fully saturated rings.